The third-order valence-corrected chi connectivity index (χ3v) is 3.87. The number of halogens is 1. The summed E-state index contributed by atoms with van der Waals surface area (Å²) in [6, 6.07) is 6.68. The summed E-state index contributed by atoms with van der Waals surface area (Å²) in [5.74, 6) is 1.83. The van der Waals surface area contributed by atoms with Crippen LogP contribution in [0.3, 0.4) is 0 Å². The van der Waals surface area contributed by atoms with Crippen molar-refractivity contribution in [3.63, 3.8) is 0 Å². The van der Waals surface area contributed by atoms with Crippen LogP contribution in [0.2, 0.25) is 0 Å². The van der Waals surface area contributed by atoms with Gasteiger partial charge >= 0.3 is 0 Å². The number of aromatic nitrogens is 3. The molecule has 0 amide bonds. The van der Waals surface area contributed by atoms with Crippen LogP contribution >= 0.6 is 24.0 Å². The fourth-order valence-electron chi connectivity index (χ4n) is 2.79. The number of aliphatic imine (C=N–C) groups is 1. The number of nitrogens with zero attached hydrogens (tertiary/aromatic N) is 4. The van der Waals surface area contributed by atoms with Crippen molar-refractivity contribution in [3.05, 3.63) is 47.0 Å². The summed E-state index contributed by atoms with van der Waals surface area (Å²) in [5.41, 5.74) is 3.98. The number of benzene rings is 1. The van der Waals surface area contributed by atoms with Gasteiger partial charge in [0.15, 0.2) is 5.96 Å². The number of hydrogen-bond donors (Lipinski definition) is 2. The maximum Gasteiger partial charge on any atom is 0.191 e. The number of nitrogens with one attached hydrogen (secondary N) is 2. The lowest BCUT2D eigenvalue weighted by molar-refractivity contribution is 0.632. The maximum absolute atomic E-state index is 4.27. The zero-order valence-corrected chi connectivity index (χ0v) is 17.9. The molecule has 2 aromatic rings. The van der Waals surface area contributed by atoms with Crippen molar-refractivity contribution in [1.29, 1.82) is 0 Å². The summed E-state index contributed by atoms with van der Waals surface area (Å²) >= 11 is 0. The number of rotatable bonds is 7. The molecule has 0 fully saturated rings. The first-order valence-corrected chi connectivity index (χ1v) is 8.50. The van der Waals surface area contributed by atoms with E-state index in [1.807, 2.05) is 0 Å². The highest BCUT2D eigenvalue weighted by atomic mass is 127. The van der Waals surface area contributed by atoms with Crippen LogP contribution in [0.15, 0.2) is 29.5 Å². The Bertz CT molecular complexity index is 660. The van der Waals surface area contributed by atoms with Crippen LogP contribution in [0.25, 0.3) is 0 Å². The molecule has 0 aliphatic carbocycles. The molecule has 1 aromatic heterocycles. The Balaban J connectivity index is 0.00000312. The minimum atomic E-state index is 0. The minimum absolute atomic E-state index is 0. The first-order chi connectivity index (χ1) is 11.6. The van der Waals surface area contributed by atoms with E-state index in [-0.39, 0.29) is 24.0 Å². The monoisotopic (exact) mass is 456 g/mol. The fourth-order valence-corrected chi connectivity index (χ4v) is 2.79. The van der Waals surface area contributed by atoms with Gasteiger partial charge in [-0.15, -0.1) is 34.2 Å². The number of hydrogen-bond acceptors (Lipinski definition) is 3. The van der Waals surface area contributed by atoms with E-state index in [1.165, 1.54) is 16.7 Å². The van der Waals surface area contributed by atoms with E-state index in [1.54, 1.807) is 13.4 Å². The van der Waals surface area contributed by atoms with Crippen LogP contribution < -0.4 is 10.6 Å². The van der Waals surface area contributed by atoms with Crippen LogP contribution in [0.4, 0.5) is 0 Å². The molecule has 2 N–H and O–H groups in total. The van der Waals surface area contributed by atoms with Crippen molar-refractivity contribution in [2.24, 2.45) is 4.99 Å². The van der Waals surface area contributed by atoms with E-state index >= 15 is 0 Å². The zero-order valence-electron chi connectivity index (χ0n) is 15.5. The molecule has 0 spiro atoms. The highest BCUT2D eigenvalue weighted by molar-refractivity contribution is 14.0. The lowest BCUT2D eigenvalue weighted by atomic mass is 10.1. The average molecular weight is 456 g/mol. The Labute approximate surface area is 167 Å². The molecule has 0 unspecified atom stereocenters. The molecule has 1 heterocycles. The largest absolute Gasteiger partial charge is 0.356 e. The Hall–Kier alpha value is -1.64. The van der Waals surface area contributed by atoms with Crippen LogP contribution in [0.1, 0.15) is 29.4 Å². The molecular weight excluding hydrogens is 427 g/mol. The van der Waals surface area contributed by atoms with Gasteiger partial charge in [-0.05, 0) is 25.8 Å². The van der Waals surface area contributed by atoms with Crippen molar-refractivity contribution < 1.29 is 0 Å². The Morgan fingerprint density at radius 1 is 1.12 bits per heavy atom. The highest BCUT2D eigenvalue weighted by Crippen LogP contribution is 2.08. The van der Waals surface area contributed by atoms with Gasteiger partial charge in [0.25, 0.3) is 0 Å². The van der Waals surface area contributed by atoms with Gasteiger partial charge in [-0.2, -0.15) is 0 Å². The summed E-state index contributed by atoms with van der Waals surface area (Å²) in [6.45, 7) is 8.83. The topological polar surface area (TPSA) is 67.1 Å². The molecule has 0 bridgehead atoms. The van der Waals surface area contributed by atoms with E-state index in [9.17, 15) is 0 Å². The molecule has 0 radical (unpaired) electrons. The van der Waals surface area contributed by atoms with Crippen molar-refractivity contribution in [2.75, 3.05) is 20.1 Å². The molecule has 1 aromatic carbocycles. The lowest BCUT2D eigenvalue weighted by Gasteiger charge is -2.13. The third kappa shape index (κ3) is 7.01. The van der Waals surface area contributed by atoms with Crippen LogP contribution in [0, 0.1) is 13.8 Å². The average Bonchev–Trinajstić information content (AvgIpc) is 3.00. The quantitative estimate of drug-likeness (QED) is 0.382. The van der Waals surface area contributed by atoms with E-state index in [2.05, 4.69) is 69.4 Å². The maximum atomic E-state index is 4.27. The first-order valence-electron chi connectivity index (χ1n) is 8.50. The summed E-state index contributed by atoms with van der Waals surface area (Å²) in [6.07, 6.45) is 3.65. The minimum Gasteiger partial charge on any atom is -0.356 e. The van der Waals surface area contributed by atoms with Gasteiger partial charge in [0.05, 0.1) is 0 Å². The predicted molar refractivity (Wildman–Crippen MR) is 114 cm³/mol. The molecule has 7 heteroatoms. The summed E-state index contributed by atoms with van der Waals surface area (Å²) < 4.78 is 2.07. The van der Waals surface area contributed by atoms with E-state index in [0.717, 1.165) is 44.3 Å². The smallest absolute Gasteiger partial charge is 0.191 e. The SMILES string of the molecule is CCc1nncn1CCNC(=NC)NCCc1cc(C)cc(C)c1.I. The highest BCUT2D eigenvalue weighted by Gasteiger charge is 2.02. The molecule has 0 saturated heterocycles. The van der Waals surface area contributed by atoms with Crippen LogP contribution in [0.5, 0.6) is 0 Å². The zero-order chi connectivity index (χ0) is 17.4. The Morgan fingerprint density at radius 3 is 2.44 bits per heavy atom. The van der Waals surface area contributed by atoms with E-state index in [0.29, 0.717) is 0 Å². The molecule has 0 atom stereocenters. The fraction of sp³-hybridized carbons (Fsp3) is 0.500. The molecular formula is C18H29IN6. The summed E-state index contributed by atoms with van der Waals surface area (Å²) in [4.78, 5) is 4.27. The van der Waals surface area contributed by atoms with E-state index in [4.69, 9.17) is 0 Å². The predicted octanol–water partition coefficient (Wildman–Crippen LogP) is 2.48. The van der Waals surface area contributed by atoms with Crippen LogP contribution in [-0.4, -0.2) is 40.9 Å². The van der Waals surface area contributed by atoms with Gasteiger partial charge in [0.2, 0.25) is 0 Å². The second-order valence-corrected chi connectivity index (χ2v) is 5.97. The second-order valence-electron chi connectivity index (χ2n) is 5.97. The van der Waals surface area contributed by atoms with Gasteiger partial charge < -0.3 is 15.2 Å². The van der Waals surface area contributed by atoms with Gasteiger partial charge in [0, 0.05) is 33.1 Å². The van der Waals surface area contributed by atoms with Gasteiger partial charge in [-0.25, -0.2) is 0 Å². The van der Waals surface area contributed by atoms with Crippen molar-refractivity contribution in [3.8, 4) is 0 Å². The summed E-state index contributed by atoms with van der Waals surface area (Å²) in [5, 5.41) is 14.7. The molecule has 0 aliphatic heterocycles. The Morgan fingerprint density at radius 2 is 1.80 bits per heavy atom. The van der Waals surface area contributed by atoms with Crippen molar-refractivity contribution in [2.45, 2.75) is 40.2 Å². The first kappa shape index (κ1) is 21.4. The molecule has 0 aliphatic rings. The molecule has 2 rings (SSSR count). The lowest BCUT2D eigenvalue weighted by Crippen LogP contribution is -2.39. The van der Waals surface area contributed by atoms with E-state index < -0.39 is 0 Å². The third-order valence-electron chi connectivity index (χ3n) is 3.87. The number of aryl methyl sites for hydroxylation is 3. The van der Waals surface area contributed by atoms with Gasteiger partial charge in [0.1, 0.15) is 12.2 Å². The van der Waals surface area contributed by atoms with Gasteiger partial charge in [-0.3, -0.25) is 4.99 Å². The Kier molecular flexibility index (Phi) is 9.48. The number of guanidine groups is 1. The van der Waals surface area contributed by atoms with Crippen molar-refractivity contribution in [1.82, 2.24) is 25.4 Å². The molecule has 0 saturated carbocycles. The molecule has 138 valence electrons. The molecule has 25 heavy (non-hydrogen) atoms. The standard InChI is InChI=1S/C18H28N6.HI/c1-5-17-23-22-13-24(17)9-8-21-18(19-4)20-7-6-16-11-14(2)10-15(3)12-16;/h10-13H,5-9H2,1-4H3,(H2,19,20,21);1H. The van der Waals surface area contributed by atoms with Crippen molar-refractivity contribution >= 4 is 29.9 Å². The van der Waals surface area contributed by atoms with Gasteiger partial charge in [-0.1, -0.05) is 36.2 Å². The normalized spacial score (nSPS) is 11.1. The summed E-state index contributed by atoms with van der Waals surface area (Å²) in [7, 11) is 1.79. The molecule has 6 nitrogen and oxygen atoms in total. The second kappa shape index (κ2) is 11.1. The van der Waals surface area contributed by atoms with Crippen LogP contribution in [-0.2, 0) is 19.4 Å².